The molecule has 1 aromatic carbocycles. The molecule has 1 amide bonds. The largest absolute Gasteiger partial charge is 0.399 e. The summed E-state index contributed by atoms with van der Waals surface area (Å²) in [5.74, 6) is -0.322. The Morgan fingerprint density at radius 3 is 2.59 bits per heavy atom. The van der Waals surface area contributed by atoms with Gasteiger partial charge in [0.25, 0.3) is 0 Å². The number of likely N-dealkylation sites (N-methyl/N-ethyl adjacent to an activating group) is 1. The van der Waals surface area contributed by atoms with Gasteiger partial charge in [0, 0.05) is 19.8 Å². The maximum atomic E-state index is 11.8. The smallest absolute Gasteiger partial charge is 0.241 e. The van der Waals surface area contributed by atoms with Crippen molar-refractivity contribution in [3.63, 3.8) is 0 Å². The van der Waals surface area contributed by atoms with Crippen molar-refractivity contribution in [3.8, 4) is 0 Å². The molecule has 6 nitrogen and oxygen atoms in total. The number of nitrogens with zero attached hydrogens (tertiary/aromatic N) is 1. The first-order chi connectivity index (χ1) is 7.83. The highest BCUT2D eigenvalue weighted by atomic mass is 32.2. The van der Waals surface area contributed by atoms with E-state index in [0.29, 0.717) is 5.69 Å². The van der Waals surface area contributed by atoms with Gasteiger partial charge in [-0.3, -0.25) is 4.79 Å². The number of nitrogens with one attached hydrogen (secondary N) is 1. The molecule has 0 fully saturated rings. The average Bonchev–Trinajstić information content (AvgIpc) is 2.26. The molecule has 7 heteroatoms. The molecule has 0 saturated carbocycles. The van der Waals surface area contributed by atoms with E-state index in [0.717, 1.165) is 0 Å². The van der Waals surface area contributed by atoms with E-state index in [4.69, 9.17) is 5.73 Å². The van der Waals surface area contributed by atoms with Crippen molar-refractivity contribution in [1.82, 2.24) is 9.62 Å². The molecule has 0 saturated heterocycles. The Labute approximate surface area is 100 Å². The summed E-state index contributed by atoms with van der Waals surface area (Å²) in [5.41, 5.74) is 5.85. The van der Waals surface area contributed by atoms with Crippen molar-refractivity contribution in [3.05, 3.63) is 24.3 Å². The van der Waals surface area contributed by atoms with Gasteiger partial charge in [0.2, 0.25) is 15.9 Å². The zero-order valence-electron chi connectivity index (χ0n) is 9.67. The lowest BCUT2D eigenvalue weighted by molar-refractivity contribution is -0.127. The molecule has 1 rings (SSSR count). The van der Waals surface area contributed by atoms with Gasteiger partial charge >= 0.3 is 0 Å². The molecule has 0 unspecified atom stereocenters. The molecule has 0 aliphatic rings. The quantitative estimate of drug-likeness (QED) is 0.720. The van der Waals surface area contributed by atoms with Crippen LogP contribution in [0.15, 0.2) is 29.2 Å². The molecule has 94 valence electrons. The minimum atomic E-state index is -3.69. The van der Waals surface area contributed by atoms with Crippen LogP contribution in [0.4, 0.5) is 5.69 Å². The second-order valence-electron chi connectivity index (χ2n) is 3.69. The van der Waals surface area contributed by atoms with Crippen molar-refractivity contribution in [2.45, 2.75) is 4.90 Å². The molecular weight excluding hydrogens is 242 g/mol. The predicted molar refractivity (Wildman–Crippen MR) is 64.7 cm³/mol. The number of anilines is 1. The molecule has 0 heterocycles. The van der Waals surface area contributed by atoms with Gasteiger partial charge in [-0.1, -0.05) is 6.07 Å². The lowest BCUT2D eigenvalue weighted by Gasteiger charge is -2.11. The number of carbonyl (C=O) groups excluding carboxylic acids is 1. The van der Waals surface area contributed by atoms with Crippen LogP contribution in [0.1, 0.15) is 0 Å². The summed E-state index contributed by atoms with van der Waals surface area (Å²) in [5, 5.41) is 0. The van der Waals surface area contributed by atoms with Gasteiger partial charge in [-0.2, -0.15) is 0 Å². The third kappa shape index (κ3) is 3.72. The van der Waals surface area contributed by atoms with Crippen LogP contribution in [0.5, 0.6) is 0 Å². The van der Waals surface area contributed by atoms with Crippen molar-refractivity contribution < 1.29 is 13.2 Å². The van der Waals surface area contributed by atoms with E-state index in [1.165, 1.54) is 23.1 Å². The normalized spacial score (nSPS) is 11.2. The Hall–Kier alpha value is -1.60. The minimum Gasteiger partial charge on any atom is -0.399 e. The topological polar surface area (TPSA) is 92.5 Å². The average molecular weight is 257 g/mol. The zero-order chi connectivity index (χ0) is 13.1. The molecule has 0 radical (unpaired) electrons. The number of nitrogens with two attached hydrogens (primary N) is 1. The third-order valence-corrected chi connectivity index (χ3v) is 3.48. The van der Waals surface area contributed by atoms with Crippen molar-refractivity contribution in [2.24, 2.45) is 0 Å². The summed E-state index contributed by atoms with van der Waals surface area (Å²) in [6.07, 6.45) is 0. The third-order valence-electron chi connectivity index (χ3n) is 2.08. The highest BCUT2D eigenvalue weighted by molar-refractivity contribution is 7.89. The van der Waals surface area contributed by atoms with Crippen molar-refractivity contribution >= 4 is 21.6 Å². The SMILES string of the molecule is CN(C)C(=O)CNS(=O)(=O)c1cccc(N)c1. The molecule has 0 aromatic heterocycles. The number of benzene rings is 1. The Morgan fingerprint density at radius 1 is 1.41 bits per heavy atom. The van der Waals surface area contributed by atoms with Crippen molar-refractivity contribution in [1.29, 1.82) is 0 Å². The van der Waals surface area contributed by atoms with Crippen LogP contribution in [0.2, 0.25) is 0 Å². The fourth-order valence-electron chi connectivity index (χ4n) is 1.08. The van der Waals surface area contributed by atoms with Crippen molar-refractivity contribution in [2.75, 3.05) is 26.4 Å². The molecule has 1 aromatic rings. The molecule has 0 aliphatic carbocycles. The minimum absolute atomic E-state index is 0.0454. The van der Waals surface area contributed by atoms with Gasteiger partial charge in [-0.05, 0) is 18.2 Å². The maximum Gasteiger partial charge on any atom is 0.241 e. The first-order valence-electron chi connectivity index (χ1n) is 4.88. The van der Waals surface area contributed by atoms with E-state index >= 15 is 0 Å². The number of carbonyl (C=O) groups is 1. The van der Waals surface area contributed by atoms with Gasteiger partial charge < -0.3 is 10.6 Å². The van der Waals surface area contributed by atoms with Crippen LogP contribution in [0.25, 0.3) is 0 Å². The lowest BCUT2D eigenvalue weighted by Crippen LogP contribution is -2.36. The van der Waals surface area contributed by atoms with Crippen LogP contribution in [-0.2, 0) is 14.8 Å². The molecule has 0 bridgehead atoms. The van der Waals surface area contributed by atoms with Gasteiger partial charge in [0.15, 0.2) is 0 Å². The molecule has 0 atom stereocenters. The summed E-state index contributed by atoms with van der Waals surface area (Å²) in [6, 6.07) is 5.88. The first-order valence-corrected chi connectivity index (χ1v) is 6.36. The number of hydrogen-bond donors (Lipinski definition) is 2. The zero-order valence-corrected chi connectivity index (χ0v) is 10.5. The number of amides is 1. The Bertz CT molecular complexity index is 511. The van der Waals surface area contributed by atoms with Gasteiger partial charge in [0.05, 0.1) is 11.4 Å². The Balaban J connectivity index is 2.80. The second kappa shape index (κ2) is 5.15. The second-order valence-corrected chi connectivity index (χ2v) is 5.45. The predicted octanol–water partition coefficient (Wildman–Crippen LogP) is -0.365. The fraction of sp³-hybridized carbons (Fsp3) is 0.300. The van der Waals surface area contributed by atoms with Crippen LogP contribution >= 0.6 is 0 Å². The Kier molecular flexibility index (Phi) is 4.08. The molecular formula is C10H15N3O3S. The monoisotopic (exact) mass is 257 g/mol. The number of nitrogen functional groups attached to an aromatic ring is 1. The van der Waals surface area contributed by atoms with E-state index in [-0.39, 0.29) is 17.3 Å². The van der Waals surface area contributed by atoms with E-state index in [1.807, 2.05) is 0 Å². The number of rotatable bonds is 4. The summed E-state index contributed by atoms with van der Waals surface area (Å²) < 4.78 is 25.8. The first kappa shape index (κ1) is 13.5. The van der Waals surface area contributed by atoms with Gasteiger partial charge in [-0.25, -0.2) is 13.1 Å². The molecule has 3 N–H and O–H groups in total. The van der Waals surface area contributed by atoms with Gasteiger partial charge in [0.1, 0.15) is 0 Å². The molecule has 17 heavy (non-hydrogen) atoms. The summed E-state index contributed by atoms with van der Waals surface area (Å²) in [7, 11) is -0.583. The van der Waals surface area contributed by atoms with Crippen LogP contribution in [0, 0.1) is 0 Å². The summed E-state index contributed by atoms with van der Waals surface area (Å²) >= 11 is 0. The highest BCUT2D eigenvalue weighted by Crippen LogP contribution is 2.12. The van der Waals surface area contributed by atoms with Gasteiger partial charge in [-0.15, -0.1) is 0 Å². The Morgan fingerprint density at radius 2 is 2.06 bits per heavy atom. The lowest BCUT2D eigenvalue weighted by atomic mass is 10.3. The van der Waals surface area contributed by atoms with Crippen LogP contribution in [0.3, 0.4) is 0 Å². The fourth-order valence-corrected chi connectivity index (χ4v) is 2.11. The molecule has 0 spiro atoms. The van der Waals surface area contributed by atoms with E-state index < -0.39 is 10.0 Å². The summed E-state index contributed by atoms with van der Waals surface area (Å²) in [6.45, 7) is -0.274. The van der Waals surface area contributed by atoms with E-state index in [1.54, 1.807) is 20.2 Å². The van der Waals surface area contributed by atoms with E-state index in [9.17, 15) is 13.2 Å². The molecule has 0 aliphatic heterocycles. The number of sulfonamides is 1. The number of hydrogen-bond acceptors (Lipinski definition) is 4. The van der Waals surface area contributed by atoms with Crippen LogP contribution in [-0.4, -0.2) is 39.9 Å². The standard InChI is InChI=1S/C10H15N3O3S/c1-13(2)10(14)7-12-17(15,16)9-5-3-4-8(11)6-9/h3-6,12H,7,11H2,1-2H3. The summed E-state index contributed by atoms with van der Waals surface area (Å²) in [4.78, 5) is 12.6. The van der Waals surface area contributed by atoms with E-state index in [2.05, 4.69) is 4.72 Å². The maximum absolute atomic E-state index is 11.8. The van der Waals surface area contributed by atoms with Crippen LogP contribution < -0.4 is 10.5 Å². The highest BCUT2D eigenvalue weighted by Gasteiger charge is 2.16.